The third kappa shape index (κ3) is 5.40. The first kappa shape index (κ1) is 19.1. The van der Waals surface area contributed by atoms with Crippen molar-refractivity contribution in [3.63, 3.8) is 0 Å². The van der Waals surface area contributed by atoms with E-state index >= 15 is 0 Å². The summed E-state index contributed by atoms with van der Waals surface area (Å²) in [7, 11) is 2.15. The number of amides is 1. The van der Waals surface area contributed by atoms with Gasteiger partial charge in [0.05, 0.1) is 12.6 Å². The van der Waals surface area contributed by atoms with Crippen molar-refractivity contribution in [2.24, 2.45) is 0 Å². The summed E-state index contributed by atoms with van der Waals surface area (Å²) in [5, 5.41) is 12.8. The minimum atomic E-state index is -0.303. The van der Waals surface area contributed by atoms with Crippen LogP contribution in [-0.2, 0) is 11.3 Å². The molecule has 1 atom stereocenters. The molecular weight excluding hydrogens is 330 g/mol. The van der Waals surface area contributed by atoms with Crippen LogP contribution in [0.3, 0.4) is 0 Å². The van der Waals surface area contributed by atoms with Gasteiger partial charge in [-0.15, -0.1) is 0 Å². The maximum atomic E-state index is 12.3. The smallest absolute Gasteiger partial charge is 0.234 e. The first-order valence-corrected chi connectivity index (χ1v) is 9.66. The van der Waals surface area contributed by atoms with Crippen LogP contribution in [0.15, 0.2) is 18.3 Å². The molecule has 0 aromatic carbocycles. The van der Waals surface area contributed by atoms with Crippen molar-refractivity contribution in [1.82, 2.24) is 20.1 Å². The van der Waals surface area contributed by atoms with Gasteiger partial charge in [0.25, 0.3) is 0 Å². The van der Waals surface area contributed by atoms with Crippen LogP contribution >= 0.6 is 0 Å². The molecule has 0 bridgehead atoms. The number of carbonyl (C=O) groups excluding carboxylic acids is 1. The van der Waals surface area contributed by atoms with Gasteiger partial charge in [-0.25, -0.2) is 4.98 Å². The van der Waals surface area contributed by atoms with Gasteiger partial charge >= 0.3 is 0 Å². The maximum absolute atomic E-state index is 12.3. The molecule has 3 rings (SSSR count). The Morgan fingerprint density at radius 1 is 1.27 bits per heavy atom. The number of anilines is 1. The van der Waals surface area contributed by atoms with Crippen molar-refractivity contribution in [3.05, 3.63) is 23.9 Å². The number of aliphatic hydroxyl groups excluding tert-OH is 1. The Balaban J connectivity index is 1.55. The number of β-amino-alcohol motifs (C(OH)–C–C–N with tert-alkyl or cyclic N) is 1. The van der Waals surface area contributed by atoms with E-state index in [1.807, 2.05) is 23.2 Å². The summed E-state index contributed by atoms with van der Waals surface area (Å²) in [6, 6.07) is 3.97. The number of nitrogens with zero attached hydrogens (tertiary/aromatic N) is 4. The van der Waals surface area contributed by atoms with Crippen LogP contribution in [0.5, 0.6) is 0 Å². The van der Waals surface area contributed by atoms with Crippen molar-refractivity contribution < 1.29 is 9.90 Å². The number of rotatable bonds is 5. The Morgan fingerprint density at radius 2 is 2.15 bits per heavy atom. The van der Waals surface area contributed by atoms with Gasteiger partial charge in [0.1, 0.15) is 5.82 Å². The zero-order valence-corrected chi connectivity index (χ0v) is 15.7. The Kier molecular flexibility index (Phi) is 6.82. The van der Waals surface area contributed by atoms with Gasteiger partial charge in [0.15, 0.2) is 0 Å². The van der Waals surface area contributed by atoms with Crippen molar-refractivity contribution >= 4 is 11.7 Å². The molecular formula is C19H31N5O2. The van der Waals surface area contributed by atoms with Crippen LogP contribution in [0, 0.1) is 0 Å². The number of piperidine rings is 1. The van der Waals surface area contributed by atoms with Crippen LogP contribution in [0.1, 0.15) is 24.8 Å². The lowest BCUT2D eigenvalue weighted by Crippen LogP contribution is -2.44. The van der Waals surface area contributed by atoms with E-state index in [1.54, 1.807) is 0 Å². The van der Waals surface area contributed by atoms with E-state index in [-0.39, 0.29) is 12.0 Å². The fraction of sp³-hybridized carbons (Fsp3) is 0.684. The largest absolute Gasteiger partial charge is 0.392 e. The highest BCUT2D eigenvalue weighted by Crippen LogP contribution is 2.19. The highest BCUT2D eigenvalue weighted by Gasteiger charge is 2.20. The second-order valence-corrected chi connectivity index (χ2v) is 7.44. The Hall–Kier alpha value is -1.70. The van der Waals surface area contributed by atoms with E-state index in [1.165, 1.54) is 0 Å². The standard InChI is InChI=1S/C19H31N5O2/c1-22-8-4-10-24(12-11-22)19-16(5-2-7-20-19)13-21-18(26)15-23-9-3-6-17(25)14-23/h2,5,7,17,25H,3-4,6,8-15H2,1H3,(H,21,26)/t17-/m0/s1. The first-order valence-electron chi connectivity index (χ1n) is 9.66. The summed E-state index contributed by atoms with van der Waals surface area (Å²) in [5.74, 6) is 0.987. The molecule has 1 aromatic rings. The van der Waals surface area contributed by atoms with Gasteiger partial charge in [-0.1, -0.05) is 6.07 Å². The fourth-order valence-corrected chi connectivity index (χ4v) is 3.74. The lowest BCUT2D eigenvalue weighted by molar-refractivity contribution is -0.123. The third-order valence-corrected chi connectivity index (χ3v) is 5.21. The number of pyridine rings is 1. The zero-order chi connectivity index (χ0) is 18.4. The molecule has 2 saturated heterocycles. The molecule has 7 heteroatoms. The minimum Gasteiger partial charge on any atom is -0.392 e. The highest BCUT2D eigenvalue weighted by molar-refractivity contribution is 5.78. The van der Waals surface area contributed by atoms with Gasteiger partial charge in [0, 0.05) is 44.5 Å². The van der Waals surface area contributed by atoms with Crippen molar-refractivity contribution in [1.29, 1.82) is 0 Å². The molecule has 2 N–H and O–H groups in total. The fourth-order valence-electron chi connectivity index (χ4n) is 3.74. The molecule has 0 unspecified atom stereocenters. The van der Waals surface area contributed by atoms with Crippen LogP contribution < -0.4 is 10.2 Å². The molecule has 7 nitrogen and oxygen atoms in total. The Bertz CT molecular complexity index is 597. The number of likely N-dealkylation sites (tertiary alicyclic amines) is 1. The van der Waals surface area contributed by atoms with E-state index in [0.29, 0.717) is 19.6 Å². The molecule has 2 aliphatic rings. The molecule has 0 radical (unpaired) electrons. The number of likely N-dealkylation sites (N-methyl/N-ethyl adjacent to an activating group) is 1. The molecule has 2 fully saturated rings. The summed E-state index contributed by atoms with van der Waals surface area (Å²) in [4.78, 5) is 23.6. The second kappa shape index (κ2) is 9.30. The predicted octanol–water partition coefficient (Wildman–Crippen LogP) is 0.296. The normalized spacial score (nSPS) is 22.8. The predicted molar refractivity (Wildman–Crippen MR) is 102 cm³/mol. The van der Waals surface area contributed by atoms with Crippen LogP contribution in [0.2, 0.25) is 0 Å². The first-order chi connectivity index (χ1) is 12.6. The van der Waals surface area contributed by atoms with Crippen LogP contribution in [0.25, 0.3) is 0 Å². The van der Waals surface area contributed by atoms with E-state index < -0.39 is 0 Å². The van der Waals surface area contributed by atoms with Crippen molar-refractivity contribution in [2.45, 2.75) is 31.9 Å². The summed E-state index contributed by atoms with van der Waals surface area (Å²) >= 11 is 0. The zero-order valence-electron chi connectivity index (χ0n) is 15.7. The topological polar surface area (TPSA) is 71.9 Å². The van der Waals surface area contributed by atoms with Crippen LogP contribution in [-0.4, -0.2) is 84.8 Å². The Labute approximate surface area is 156 Å². The van der Waals surface area contributed by atoms with E-state index in [4.69, 9.17) is 0 Å². The molecule has 3 heterocycles. The SMILES string of the molecule is CN1CCCN(c2ncccc2CNC(=O)CN2CCC[C@H](O)C2)CC1. The summed E-state index contributed by atoms with van der Waals surface area (Å²) in [6.45, 7) is 6.40. The lowest BCUT2D eigenvalue weighted by atomic mass is 10.1. The monoisotopic (exact) mass is 361 g/mol. The van der Waals surface area contributed by atoms with Gasteiger partial charge in [-0.3, -0.25) is 9.69 Å². The minimum absolute atomic E-state index is 0.00417. The second-order valence-electron chi connectivity index (χ2n) is 7.44. The van der Waals surface area contributed by atoms with Gasteiger partial charge in [-0.2, -0.15) is 0 Å². The average molecular weight is 361 g/mol. The molecule has 26 heavy (non-hydrogen) atoms. The summed E-state index contributed by atoms with van der Waals surface area (Å²) < 4.78 is 0. The van der Waals surface area contributed by atoms with E-state index in [0.717, 1.165) is 63.4 Å². The summed E-state index contributed by atoms with van der Waals surface area (Å²) in [5.41, 5.74) is 1.06. The third-order valence-electron chi connectivity index (χ3n) is 5.21. The highest BCUT2D eigenvalue weighted by atomic mass is 16.3. The van der Waals surface area contributed by atoms with E-state index in [2.05, 4.69) is 27.1 Å². The van der Waals surface area contributed by atoms with Crippen molar-refractivity contribution in [2.75, 3.05) is 57.8 Å². The molecule has 1 aromatic heterocycles. The summed E-state index contributed by atoms with van der Waals surface area (Å²) in [6.07, 6.45) is 4.43. The number of hydrogen-bond donors (Lipinski definition) is 2. The van der Waals surface area contributed by atoms with Gasteiger partial charge in [-0.05, 0) is 45.5 Å². The molecule has 0 aliphatic carbocycles. The van der Waals surface area contributed by atoms with Gasteiger partial charge in [0.2, 0.25) is 5.91 Å². The average Bonchev–Trinajstić information content (AvgIpc) is 2.85. The quantitative estimate of drug-likeness (QED) is 0.786. The maximum Gasteiger partial charge on any atom is 0.234 e. The molecule has 2 aliphatic heterocycles. The van der Waals surface area contributed by atoms with Gasteiger partial charge < -0.3 is 20.2 Å². The number of carbonyl (C=O) groups is 1. The number of aromatic nitrogens is 1. The molecule has 1 amide bonds. The number of hydrogen-bond acceptors (Lipinski definition) is 6. The number of aliphatic hydroxyl groups is 1. The van der Waals surface area contributed by atoms with E-state index in [9.17, 15) is 9.90 Å². The molecule has 144 valence electrons. The lowest BCUT2D eigenvalue weighted by Gasteiger charge is -2.29. The van der Waals surface area contributed by atoms with Crippen LogP contribution in [0.4, 0.5) is 5.82 Å². The molecule has 0 saturated carbocycles. The van der Waals surface area contributed by atoms with Crippen molar-refractivity contribution in [3.8, 4) is 0 Å². The molecule has 0 spiro atoms. The number of nitrogens with one attached hydrogen (secondary N) is 1. The Morgan fingerprint density at radius 3 is 3.00 bits per heavy atom.